The van der Waals surface area contributed by atoms with Crippen molar-refractivity contribution in [3.8, 4) is 28.6 Å². The van der Waals surface area contributed by atoms with Gasteiger partial charge in [-0.05, 0) is 17.7 Å². The number of hydrogen-bond acceptors (Lipinski definition) is 4. The molecule has 6 nitrogen and oxygen atoms in total. The van der Waals surface area contributed by atoms with Crippen molar-refractivity contribution in [2.24, 2.45) is 0 Å². The van der Waals surface area contributed by atoms with Crippen LogP contribution in [-0.2, 0) is 0 Å². The molecular formula is C17H11N3O3. The Labute approximate surface area is 131 Å². The standard InChI is InChI=1S/C17H11N3O3/c18-9-15-14(11-4-2-1-3-5-11)10-20(19-15)12-6-7-13(17(22)23)16(21)8-12/h1-8,10,21H,(H,22,23). The van der Waals surface area contributed by atoms with Gasteiger partial charge in [0.05, 0.1) is 5.69 Å². The van der Waals surface area contributed by atoms with E-state index in [1.165, 1.54) is 22.9 Å². The average Bonchev–Trinajstić information content (AvgIpc) is 2.99. The molecule has 0 atom stereocenters. The number of nitrogens with zero attached hydrogens (tertiary/aromatic N) is 3. The molecule has 23 heavy (non-hydrogen) atoms. The Bertz CT molecular complexity index is 924. The number of benzene rings is 2. The number of aromatic nitrogens is 2. The van der Waals surface area contributed by atoms with Crippen molar-refractivity contribution in [2.75, 3.05) is 0 Å². The normalized spacial score (nSPS) is 10.2. The summed E-state index contributed by atoms with van der Waals surface area (Å²) < 4.78 is 1.44. The molecule has 3 rings (SSSR count). The van der Waals surface area contributed by atoms with Crippen LogP contribution in [0.3, 0.4) is 0 Å². The maximum atomic E-state index is 10.9. The van der Waals surface area contributed by atoms with E-state index in [-0.39, 0.29) is 17.0 Å². The number of hydrogen-bond donors (Lipinski definition) is 2. The quantitative estimate of drug-likeness (QED) is 0.775. The van der Waals surface area contributed by atoms with Crippen LogP contribution in [0.25, 0.3) is 16.8 Å². The lowest BCUT2D eigenvalue weighted by atomic mass is 10.1. The van der Waals surface area contributed by atoms with E-state index in [0.717, 1.165) is 5.56 Å². The predicted octanol–water partition coefficient (Wildman–Crippen LogP) is 2.81. The fourth-order valence-corrected chi connectivity index (χ4v) is 2.26. The zero-order chi connectivity index (χ0) is 16.4. The molecule has 0 radical (unpaired) electrons. The molecule has 1 heterocycles. The van der Waals surface area contributed by atoms with Gasteiger partial charge in [0.1, 0.15) is 17.4 Å². The summed E-state index contributed by atoms with van der Waals surface area (Å²) in [6.07, 6.45) is 1.67. The first-order valence-corrected chi connectivity index (χ1v) is 6.72. The first-order valence-electron chi connectivity index (χ1n) is 6.72. The minimum absolute atomic E-state index is 0.190. The fraction of sp³-hybridized carbons (Fsp3) is 0. The van der Waals surface area contributed by atoms with Crippen LogP contribution in [0.2, 0.25) is 0 Å². The van der Waals surface area contributed by atoms with Crippen LogP contribution in [0, 0.1) is 11.3 Å². The summed E-state index contributed by atoms with van der Waals surface area (Å²) in [7, 11) is 0. The molecule has 6 heteroatoms. The summed E-state index contributed by atoms with van der Waals surface area (Å²) in [4.78, 5) is 10.9. The number of carboxylic acid groups (broad SMARTS) is 1. The van der Waals surface area contributed by atoms with Gasteiger partial charge in [0.15, 0.2) is 5.69 Å². The lowest BCUT2D eigenvalue weighted by Crippen LogP contribution is -2.00. The largest absolute Gasteiger partial charge is 0.507 e. The number of carbonyl (C=O) groups is 1. The van der Waals surface area contributed by atoms with Gasteiger partial charge in [0, 0.05) is 17.8 Å². The summed E-state index contributed by atoms with van der Waals surface area (Å²) in [5.41, 5.74) is 2.03. The highest BCUT2D eigenvalue weighted by Gasteiger charge is 2.14. The van der Waals surface area contributed by atoms with Crippen LogP contribution in [0.1, 0.15) is 16.1 Å². The SMILES string of the molecule is N#Cc1nn(-c2ccc(C(=O)O)c(O)c2)cc1-c1ccccc1. The van der Waals surface area contributed by atoms with Crippen LogP contribution < -0.4 is 0 Å². The van der Waals surface area contributed by atoms with Gasteiger partial charge in [-0.25, -0.2) is 9.48 Å². The van der Waals surface area contributed by atoms with Gasteiger partial charge in [-0.2, -0.15) is 10.4 Å². The third-order valence-electron chi connectivity index (χ3n) is 3.38. The third-order valence-corrected chi connectivity index (χ3v) is 3.38. The number of rotatable bonds is 3. The van der Waals surface area contributed by atoms with Crippen molar-refractivity contribution >= 4 is 5.97 Å². The second-order valence-corrected chi connectivity index (χ2v) is 4.82. The van der Waals surface area contributed by atoms with Gasteiger partial charge in [0.25, 0.3) is 0 Å². The van der Waals surface area contributed by atoms with E-state index in [4.69, 9.17) is 5.11 Å². The molecule has 0 bridgehead atoms. The van der Waals surface area contributed by atoms with Crippen LogP contribution in [-0.4, -0.2) is 26.0 Å². The molecule has 0 unspecified atom stereocenters. The average molecular weight is 305 g/mol. The minimum Gasteiger partial charge on any atom is -0.507 e. The molecule has 0 saturated heterocycles. The molecule has 0 spiro atoms. The Kier molecular flexibility index (Phi) is 3.53. The number of aromatic hydroxyl groups is 1. The first-order chi connectivity index (χ1) is 11.1. The predicted molar refractivity (Wildman–Crippen MR) is 82.3 cm³/mol. The summed E-state index contributed by atoms with van der Waals surface area (Å²) in [5.74, 6) is -1.57. The topological polar surface area (TPSA) is 99.1 Å². The van der Waals surface area contributed by atoms with E-state index >= 15 is 0 Å². The molecule has 0 fully saturated rings. The molecule has 0 aliphatic rings. The van der Waals surface area contributed by atoms with Crippen molar-refractivity contribution in [3.05, 3.63) is 66.0 Å². The molecule has 0 amide bonds. The lowest BCUT2D eigenvalue weighted by Gasteiger charge is -2.04. The summed E-state index contributed by atoms with van der Waals surface area (Å²) in [6.45, 7) is 0. The number of aromatic carboxylic acids is 1. The zero-order valence-corrected chi connectivity index (χ0v) is 11.8. The molecule has 0 aliphatic carbocycles. The molecular weight excluding hydrogens is 294 g/mol. The van der Waals surface area contributed by atoms with E-state index < -0.39 is 5.97 Å². The maximum absolute atomic E-state index is 10.9. The smallest absolute Gasteiger partial charge is 0.339 e. The van der Waals surface area contributed by atoms with Crippen molar-refractivity contribution in [1.29, 1.82) is 5.26 Å². The van der Waals surface area contributed by atoms with Crippen molar-refractivity contribution in [3.63, 3.8) is 0 Å². The van der Waals surface area contributed by atoms with Crippen molar-refractivity contribution in [2.45, 2.75) is 0 Å². The van der Waals surface area contributed by atoms with Gasteiger partial charge < -0.3 is 10.2 Å². The van der Waals surface area contributed by atoms with E-state index in [9.17, 15) is 15.2 Å². The number of phenols is 1. The van der Waals surface area contributed by atoms with E-state index in [0.29, 0.717) is 11.3 Å². The highest BCUT2D eigenvalue weighted by atomic mass is 16.4. The monoisotopic (exact) mass is 305 g/mol. The molecule has 3 aromatic rings. The number of nitriles is 1. The fourth-order valence-electron chi connectivity index (χ4n) is 2.26. The molecule has 2 aromatic carbocycles. The van der Waals surface area contributed by atoms with Crippen LogP contribution in [0.5, 0.6) is 5.75 Å². The van der Waals surface area contributed by atoms with Gasteiger partial charge in [-0.3, -0.25) is 0 Å². The van der Waals surface area contributed by atoms with Gasteiger partial charge in [-0.1, -0.05) is 30.3 Å². The summed E-state index contributed by atoms with van der Waals surface area (Å²) in [6, 6.07) is 15.5. The Hall–Kier alpha value is -3.59. The zero-order valence-electron chi connectivity index (χ0n) is 11.8. The highest BCUT2D eigenvalue weighted by molar-refractivity contribution is 5.91. The summed E-state index contributed by atoms with van der Waals surface area (Å²) in [5, 5.41) is 32.2. The van der Waals surface area contributed by atoms with E-state index in [1.807, 2.05) is 36.4 Å². The van der Waals surface area contributed by atoms with Gasteiger partial charge in [-0.15, -0.1) is 0 Å². The molecule has 1 aromatic heterocycles. The van der Waals surface area contributed by atoms with Crippen LogP contribution in [0.15, 0.2) is 54.7 Å². The Morgan fingerprint density at radius 2 is 1.91 bits per heavy atom. The second-order valence-electron chi connectivity index (χ2n) is 4.82. The molecule has 0 aliphatic heterocycles. The Balaban J connectivity index is 2.09. The lowest BCUT2D eigenvalue weighted by molar-refractivity contribution is 0.0694. The Morgan fingerprint density at radius 1 is 1.17 bits per heavy atom. The third kappa shape index (κ3) is 2.63. The first kappa shape index (κ1) is 14.4. The molecule has 112 valence electrons. The number of carboxylic acids is 1. The van der Waals surface area contributed by atoms with Gasteiger partial charge >= 0.3 is 5.97 Å². The molecule has 0 saturated carbocycles. The van der Waals surface area contributed by atoms with Crippen LogP contribution >= 0.6 is 0 Å². The Morgan fingerprint density at radius 3 is 2.52 bits per heavy atom. The highest BCUT2D eigenvalue weighted by Crippen LogP contribution is 2.26. The summed E-state index contributed by atoms with van der Waals surface area (Å²) >= 11 is 0. The molecule has 2 N–H and O–H groups in total. The van der Waals surface area contributed by atoms with Crippen molar-refractivity contribution < 1.29 is 15.0 Å². The van der Waals surface area contributed by atoms with Crippen molar-refractivity contribution in [1.82, 2.24) is 9.78 Å². The van der Waals surface area contributed by atoms with E-state index in [2.05, 4.69) is 5.10 Å². The van der Waals surface area contributed by atoms with Gasteiger partial charge in [0.2, 0.25) is 0 Å². The second kappa shape index (κ2) is 5.66. The van der Waals surface area contributed by atoms with Crippen LogP contribution in [0.4, 0.5) is 0 Å². The maximum Gasteiger partial charge on any atom is 0.339 e. The minimum atomic E-state index is -1.21. The van der Waals surface area contributed by atoms with E-state index in [1.54, 1.807) is 6.20 Å².